The van der Waals surface area contributed by atoms with Crippen LogP contribution in [0.2, 0.25) is 0 Å². The monoisotopic (exact) mass is 222 g/mol. The highest BCUT2D eigenvalue weighted by molar-refractivity contribution is 5.11. The average Bonchev–Trinajstić information content (AvgIpc) is 2.79. The Morgan fingerprint density at radius 1 is 1.20 bits per heavy atom. The zero-order chi connectivity index (χ0) is 11.3. The summed E-state index contributed by atoms with van der Waals surface area (Å²) in [7, 11) is 0. The Hall–Kier alpha value is -0.290. The Morgan fingerprint density at radius 2 is 1.80 bits per heavy atom. The largest absolute Gasteiger partial charge is 0.406 e. The number of piperazine rings is 1. The van der Waals surface area contributed by atoms with Crippen molar-refractivity contribution in [3.8, 4) is 0 Å². The third-order valence-electron chi connectivity index (χ3n) is 3.43. The van der Waals surface area contributed by atoms with Crippen molar-refractivity contribution in [1.82, 2.24) is 10.2 Å². The van der Waals surface area contributed by atoms with E-state index in [4.69, 9.17) is 0 Å². The fraction of sp³-hybridized carbons (Fsp3) is 1.00. The third kappa shape index (κ3) is 1.87. The van der Waals surface area contributed by atoms with Gasteiger partial charge in [0.25, 0.3) is 0 Å². The summed E-state index contributed by atoms with van der Waals surface area (Å²) in [4.78, 5) is 1.61. The van der Waals surface area contributed by atoms with E-state index in [1.54, 1.807) is 4.90 Å². The molecule has 5 heteroatoms. The summed E-state index contributed by atoms with van der Waals surface area (Å²) in [6.45, 7) is 5.53. The molecule has 2 aliphatic rings. The predicted octanol–water partition coefficient (Wildman–Crippen LogP) is 1.77. The lowest BCUT2D eigenvalue weighted by Gasteiger charge is -2.43. The van der Waals surface area contributed by atoms with Crippen molar-refractivity contribution in [3.63, 3.8) is 0 Å². The van der Waals surface area contributed by atoms with Crippen LogP contribution in [0.1, 0.15) is 26.7 Å². The molecule has 1 N–H and O–H groups in total. The zero-order valence-electron chi connectivity index (χ0n) is 9.12. The van der Waals surface area contributed by atoms with Crippen LogP contribution in [-0.4, -0.2) is 41.8 Å². The summed E-state index contributed by atoms with van der Waals surface area (Å²) in [6.07, 6.45) is -3.53. The summed E-state index contributed by atoms with van der Waals surface area (Å²) < 4.78 is 38.6. The SMILES string of the molecule is CC1(C)CN(C2(C(F)(F)F)CC2)CCN1. The molecule has 2 rings (SSSR count). The quantitative estimate of drug-likeness (QED) is 0.727. The van der Waals surface area contributed by atoms with Gasteiger partial charge in [-0.05, 0) is 26.7 Å². The molecular formula is C10H17F3N2. The van der Waals surface area contributed by atoms with E-state index in [0.29, 0.717) is 19.6 Å². The molecule has 2 nitrogen and oxygen atoms in total. The Bertz CT molecular complexity index is 256. The van der Waals surface area contributed by atoms with Gasteiger partial charge < -0.3 is 5.32 Å². The second-order valence-corrected chi connectivity index (χ2v) is 5.26. The summed E-state index contributed by atoms with van der Waals surface area (Å²) in [6, 6.07) is 0. The van der Waals surface area contributed by atoms with E-state index in [1.807, 2.05) is 13.8 Å². The van der Waals surface area contributed by atoms with Gasteiger partial charge in [-0.3, -0.25) is 4.90 Å². The highest BCUT2D eigenvalue weighted by atomic mass is 19.4. The van der Waals surface area contributed by atoms with Crippen LogP contribution in [0.15, 0.2) is 0 Å². The summed E-state index contributed by atoms with van der Waals surface area (Å²) in [5.74, 6) is 0. The first-order chi connectivity index (χ1) is 6.77. The van der Waals surface area contributed by atoms with Crippen LogP contribution >= 0.6 is 0 Å². The number of hydrogen-bond acceptors (Lipinski definition) is 2. The fourth-order valence-electron chi connectivity index (χ4n) is 2.40. The molecule has 0 spiro atoms. The summed E-state index contributed by atoms with van der Waals surface area (Å²) >= 11 is 0. The number of hydrogen-bond donors (Lipinski definition) is 1. The zero-order valence-corrected chi connectivity index (χ0v) is 9.12. The van der Waals surface area contributed by atoms with Gasteiger partial charge in [0.05, 0.1) is 0 Å². The first kappa shape index (κ1) is 11.2. The van der Waals surface area contributed by atoms with Crippen LogP contribution in [-0.2, 0) is 0 Å². The van der Waals surface area contributed by atoms with Crippen molar-refractivity contribution in [3.05, 3.63) is 0 Å². The van der Waals surface area contributed by atoms with Gasteiger partial charge >= 0.3 is 6.18 Å². The van der Waals surface area contributed by atoms with Crippen LogP contribution in [0, 0.1) is 0 Å². The van der Waals surface area contributed by atoms with Crippen molar-refractivity contribution in [2.45, 2.75) is 43.9 Å². The second-order valence-electron chi connectivity index (χ2n) is 5.26. The molecule has 1 aliphatic carbocycles. The van der Waals surface area contributed by atoms with Gasteiger partial charge in [-0.15, -0.1) is 0 Å². The number of rotatable bonds is 1. The standard InChI is InChI=1S/C10H17F3N2/c1-8(2)7-15(6-5-14-8)9(3-4-9)10(11,12)13/h14H,3-7H2,1-2H3. The Labute approximate surface area is 87.8 Å². The summed E-state index contributed by atoms with van der Waals surface area (Å²) in [5.41, 5.74) is -1.70. The molecule has 2 fully saturated rings. The smallest absolute Gasteiger partial charge is 0.309 e. The van der Waals surface area contributed by atoms with Gasteiger partial charge in [0, 0.05) is 25.2 Å². The lowest BCUT2D eigenvalue weighted by atomic mass is 10.00. The van der Waals surface area contributed by atoms with E-state index in [1.165, 1.54) is 0 Å². The second kappa shape index (κ2) is 3.10. The number of nitrogens with one attached hydrogen (secondary N) is 1. The van der Waals surface area contributed by atoms with Gasteiger partial charge in [0.1, 0.15) is 5.54 Å². The maximum atomic E-state index is 12.9. The molecule has 0 bridgehead atoms. The van der Waals surface area contributed by atoms with E-state index in [-0.39, 0.29) is 18.4 Å². The third-order valence-corrected chi connectivity index (χ3v) is 3.43. The molecule has 88 valence electrons. The minimum Gasteiger partial charge on any atom is -0.309 e. The minimum atomic E-state index is -4.07. The van der Waals surface area contributed by atoms with Crippen molar-refractivity contribution in [1.29, 1.82) is 0 Å². The highest BCUT2D eigenvalue weighted by Crippen LogP contribution is 2.54. The van der Waals surface area contributed by atoms with Gasteiger partial charge in [-0.25, -0.2) is 0 Å². The van der Waals surface area contributed by atoms with E-state index in [0.717, 1.165) is 0 Å². The van der Waals surface area contributed by atoms with E-state index < -0.39 is 11.7 Å². The summed E-state index contributed by atoms with van der Waals surface area (Å²) in [5, 5.41) is 3.23. The van der Waals surface area contributed by atoms with E-state index in [9.17, 15) is 13.2 Å². The maximum Gasteiger partial charge on any atom is 0.406 e. The Balaban J connectivity index is 2.11. The molecule has 0 atom stereocenters. The fourth-order valence-corrected chi connectivity index (χ4v) is 2.40. The van der Waals surface area contributed by atoms with Crippen molar-refractivity contribution in [2.24, 2.45) is 0 Å². The topological polar surface area (TPSA) is 15.3 Å². The minimum absolute atomic E-state index is 0.209. The molecule has 1 heterocycles. The number of alkyl halides is 3. The average molecular weight is 222 g/mol. The van der Waals surface area contributed by atoms with Gasteiger partial charge in [-0.2, -0.15) is 13.2 Å². The maximum absolute atomic E-state index is 12.9. The van der Waals surface area contributed by atoms with Gasteiger partial charge in [0.2, 0.25) is 0 Å². The molecule has 15 heavy (non-hydrogen) atoms. The lowest BCUT2D eigenvalue weighted by Crippen LogP contribution is -2.63. The van der Waals surface area contributed by atoms with Crippen LogP contribution in [0.25, 0.3) is 0 Å². The molecule has 0 aromatic carbocycles. The van der Waals surface area contributed by atoms with Gasteiger partial charge in [-0.1, -0.05) is 0 Å². The molecule has 0 radical (unpaired) electrons. The first-order valence-electron chi connectivity index (χ1n) is 5.34. The van der Waals surface area contributed by atoms with Crippen LogP contribution in [0.5, 0.6) is 0 Å². The van der Waals surface area contributed by atoms with Crippen LogP contribution in [0.4, 0.5) is 13.2 Å². The van der Waals surface area contributed by atoms with Gasteiger partial charge in [0.15, 0.2) is 0 Å². The Kier molecular flexibility index (Phi) is 2.32. The first-order valence-corrected chi connectivity index (χ1v) is 5.34. The number of halogens is 3. The lowest BCUT2D eigenvalue weighted by molar-refractivity contribution is -0.200. The molecule has 1 saturated carbocycles. The predicted molar refractivity (Wildman–Crippen MR) is 51.7 cm³/mol. The number of nitrogens with zero attached hydrogens (tertiary/aromatic N) is 1. The molecule has 0 unspecified atom stereocenters. The molecular weight excluding hydrogens is 205 g/mol. The van der Waals surface area contributed by atoms with Crippen LogP contribution in [0.3, 0.4) is 0 Å². The molecule has 0 aromatic heterocycles. The Morgan fingerprint density at radius 3 is 2.20 bits per heavy atom. The van der Waals surface area contributed by atoms with Crippen molar-refractivity contribution in [2.75, 3.05) is 19.6 Å². The van der Waals surface area contributed by atoms with E-state index >= 15 is 0 Å². The van der Waals surface area contributed by atoms with Crippen molar-refractivity contribution >= 4 is 0 Å². The van der Waals surface area contributed by atoms with E-state index in [2.05, 4.69) is 5.32 Å². The van der Waals surface area contributed by atoms with Crippen molar-refractivity contribution < 1.29 is 13.2 Å². The normalized spacial score (nSPS) is 30.2. The molecule has 0 amide bonds. The molecule has 1 aliphatic heterocycles. The highest BCUT2D eigenvalue weighted by Gasteiger charge is 2.67. The molecule has 1 saturated heterocycles. The van der Waals surface area contributed by atoms with Crippen LogP contribution < -0.4 is 5.32 Å². The molecule has 0 aromatic rings.